The first-order valence-corrected chi connectivity index (χ1v) is 9.88. The summed E-state index contributed by atoms with van der Waals surface area (Å²) in [6.07, 6.45) is 2.12. The molecular weight excluding hydrogens is 417 g/mol. The van der Waals surface area contributed by atoms with E-state index < -0.39 is 17.2 Å². The van der Waals surface area contributed by atoms with Crippen LogP contribution in [-0.2, 0) is 26.3 Å². The lowest BCUT2D eigenvalue weighted by atomic mass is 9.89. The molecule has 154 valence electrons. The first-order chi connectivity index (χ1) is 13.6. The van der Waals surface area contributed by atoms with Gasteiger partial charge in [-0.1, -0.05) is 23.2 Å². The smallest absolute Gasteiger partial charge is 0.234 e. The van der Waals surface area contributed by atoms with Gasteiger partial charge in [0, 0.05) is 35.5 Å². The van der Waals surface area contributed by atoms with Gasteiger partial charge < -0.3 is 9.73 Å². The van der Waals surface area contributed by atoms with Gasteiger partial charge in [-0.05, 0) is 38.0 Å². The zero-order chi connectivity index (χ0) is 21.3. The van der Waals surface area contributed by atoms with Crippen molar-refractivity contribution >= 4 is 40.9 Å². The SMILES string of the molecule is Cc1ncc(C(C)(C)C(=O)NCc2cc(Cl)c(C3CCC(=O)NC3=O)c(Cl)c2)o1. The van der Waals surface area contributed by atoms with Gasteiger partial charge in [-0.15, -0.1) is 0 Å². The fraction of sp³-hybridized carbons (Fsp3) is 0.400. The highest BCUT2D eigenvalue weighted by molar-refractivity contribution is 6.36. The van der Waals surface area contributed by atoms with E-state index in [1.807, 2.05) is 0 Å². The second-order valence-corrected chi connectivity index (χ2v) is 8.34. The van der Waals surface area contributed by atoms with Crippen LogP contribution in [0.3, 0.4) is 0 Å². The van der Waals surface area contributed by atoms with Crippen LogP contribution in [-0.4, -0.2) is 22.7 Å². The van der Waals surface area contributed by atoms with Gasteiger partial charge in [-0.25, -0.2) is 4.98 Å². The minimum absolute atomic E-state index is 0.199. The normalized spacial score (nSPS) is 17.2. The highest BCUT2D eigenvalue weighted by atomic mass is 35.5. The van der Waals surface area contributed by atoms with Crippen molar-refractivity contribution in [2.45, 2.75) is 51.5 Å². The van der Waals surface area contributed by atoms with E-state index in [4.69, 9.17) is 27.6 Å². The second kappa shape index (κ2) is 8.16. The van der Waals surface area contributed by atoms with Crippen LogP contribution >= 0.6 is 23.2 Å². The third-order valence-corrected chi connectivity index (χ3v) is 5.61. The molecule has 7 nitrogen and oxygen atoms in total. The molecule has 2 N–H and O–H groups in total. The number of benzene rings is 1. The molecule has 1 saturated heterocycles. The first kappa shape index (κ1) is 21.3. The molecule has 1 unspecified atom stereocenters. The van der Waals surface area contributed by atoms with Crippen molar-refractivity contribution < 1.29 is 18.8 Å². The monoisotopic (exact) mass is 437 g/mol. The number of piperidine rings is 1. The van der Waals surface area contributed by atoms with Gasteiger partial charge in [0.2, 0.25) is 17.7 Å². The zero-order valence-electron chi connectivity index (χ0n) is 16.3. The van der Waals surface area contributed by atoms with Crippen LogP contribution in [0.2, 0.25) is 10.0 Å². The molecule has 2 heterocycles. The number of oxazole rings is 1. The van der Waals surface area contributed by atoms with E-state index in [0.717, 1.165) is 0 Å². The fourth-order valence-corrected chi connectivity index (χ4v) is 4.00. The van der Waals surface area contributed by atoms with Crippen molar-refractivity contribution in [3.05, 3.63) is 51.2 Å². The number of hydrogen-bond donors (Lipinski definition) is 2. The Bertz CT molecular complexity index is 961. The minimum atomic E-state index is -0.901. The van der Waals surface area contributed by atoms with E-state index >= 15 is 0 Å². The van der Waals surface area contributed by atoms with E-state index in [1.54, 1.807) is 32.9 Å². The van der Waals surface area contributed by atoms with E-state index in [1.165, 1.54) is 6.20 Å². The molecule has 0 bridgehead atoms. The summed E-state index contributed by atoms with van der Waals surface area (Å²) in [5.74, 6) is -0.571. The van der Waals surface area contributed by atoms with Gasteiger partial charge in [-0.3, -0.25) is 19.7 Å². The van der Waals surface area contributed by atoms with Gasteiger partial charge in [0.25, 0.3) is 0 Å². The number of carbonyl (C=O) groups is 3. The third kappa shape index (κ3) is 4.46. The Morgan fingerprint density at radius 2 is 1.97 bits per heavy atom. The number of nitrogens with zero attached hydrogens (tertiary/aromatic N) is 1. The van der Waals surface area contributed by atoms with Crippen LogP contribution < -0.4 is 10.6 Å². The average Bonchev–Trinajstić information content (AvgIpc) is 3.08. The summed E-state index contributed by atoms with van der Waals surface area (Å²) >= 11 is 12.8. The van der Waals surface area contributed by atoms with E-state index in [2.05, 4.69) is 15.6 Å². The molecule has 29 heavy (non-hydrogen) atoms. The molecule has 0 saturated carbocycles. The highest BCUT2D eigenvalue weighted by Crippen LogP contribution is 2.37. The Labute approximate surface area is 178 Å². The lowest BCUT2D eigenvalue weighted by molar-refractivity contribution is -0.134. The predicted molar refractivity (Wildman–Crippen MR) is 108 cm³/mol. The molecule has 2 aromatic rings. The molecule has 1 aliphatic heterocycles. The van der Waals surface area contributed by atoms with E-state index in [0.29, 0.717) is 39.2 Å². The van der Waals surface area contributed by atoms with E-state index in [-0.39, 0.29) is 24.8 Å². The average molecular weight is 438 g/mol. The van der Waals surface area contributed by atoms with Gasteiger partial charge in [-0.2, -0.15) is 0 Å². The molecule has 1 aliphatic rings. The summed E-state index contributed by atoms with van der Waals surface area (Å²) in [5.41, 5.74) is 0.279. The van der Waals surface area contributed by atoms with Gasteiger partial charge >= 0.3 is 0 Å². The summed E-state index contributed by atoms with van der Waals surface area (Å²) in [7, 11) is 0. The van der Waals surface area contributed by atoms with Crippen molar-refractivity contribution in [3.8, 4) is 0 Å². The van der Waals surface area contributed by atoms with Crippen LogP contribution in [0, 0.1) is 6.92 Å². The Balaban J connectivity index is 1.73. The number of nitrogens with one attached hydrogen (secondary N) is 2. The maximum absolute atomic E-state index is 12.7. The molecule has 1 aromatic carbocycles. The molecule has 1 fully saturated rings. The van der Waals surface area contributed by atoms with Crippen LogP contribution in [0.25, 0.3) is 0 Å². The Hall–Kier alpha value is -2.38. The molecule has 3 amide bonds. The van der Waals surface area contributed by atoms with Crippen molar-refractivity contribution in [2.75, 3.05) is 0 Å². The number of imide groups is 1. The quantitative estimate of drug-likeness (QED) is 0.697. The topological polar surface area (TPSA) is 101 Å². The summed E-state index contributed by atoms with van der Waals surface area (Å²) in [5, 5.41) is 5.79. The summed E-state index contributed by atoms with van der Waals surface area (Å²) in [6, 6.07) is 3.33. The molecule has 3 rings (SSSR count). The Morgan fingerprint density at radius 3 is 2.52 bits per heavy atom. The van der Waals surface area contributed by atoms with Gasteiger partial charge in [0.15, 0.2) is 5.89 Å². The van der Waals surface area contributed by atoms with Gasteiger partial charge in [0.05, 0.1) is 12.1 Å². The molecule has 0 spiro atoms. The molecule has 1 aromatic heterocycles. The predicted octanol–water partition coefficient (Wildman–Crippen LogP) is 3.40. The summed E-state index contributed by atoms with van der Waals surface area (Å²) in [4.78, 5) is 40.2. The lowest BCUT2D eigenvalue weighted by Gasteiger charge is -2.24. The number of halogens is 2. The first-order valence-electron chi connectivity index (χ1n) is 9.12. The summed E-state index contributed by atoms with van der Waals surface area (Å²) in [6.45, 7) is 5.40. The van der Waals surface area contributed by atoms with Crippen molar-refractivity contribution in [1.29, 1.82) is 0 Å². The molecular formula is C20H21Cl2N3O4. The Morgan fingerprint density at radius 1 is 1.31 bits per heavy atom. The van der Waals surface area contributed by atoms with Crippen molar-refractivity contribution in [2.24, 2.45) is 0 Å². The molecule has 0 aliphatic carbocycles. The molecule has 9 heteroatoms. The molecule has 0 radical (unpaired) electrons. The van der Waals surface area contributed by atoms with Crippen LogP contribution in [0.15, 0.2) is 22.7 Å². The number of aryl methyl sites for hydroxylation is 1. The van der Waals surface area contributed by atoms with Crippen LogP contribution in [0.4, 0.5) is 0 Å². The zero-order valence-corrected chi connectivity index (χ0v) is 17.8. The minimum Gasteiger partial charge on any atom is -0.445 e. The molecule has 1 atom stereocenters. The fourth-order valence-electron chi connectivity index (χ4n) is 3.21. The van der Waals surface area contributed by atoms with Crippen molar-refractivity contribution in [3.63, 3.8) is 0 Å². The third-order valence-electron chi connectivity index (χ3n) is 4.98. The number of hydrogen-bond acceptors (Lipinski definition) is 5. The lowest BCUT2D eigenvalue weighted by Crippen LogP contribution is -2.40. The maximum atomic E-state index is 12.7. The number of rotatable bonds is 5. The maximum Gasteiger partial charge on any atom is 0.234 e. The standard InChI is InChI=1S/C20H21Cl2N3O4/c1-10-23-9-15(29-10)20(2,3)19(28)24-8-11-6-13(21)17(14(22)7-11)12-4-5-16(26)25-18(12)27/h6-7,9,12H,4-5,8H2,1-3H3,(H,24,28)(H,25,26,27). The van der Waals surface area contributed by atoms with Crippen LogP contribution in [0.1, 0.15) is 55.4 Å². The number of aromatic nitrogens is 1. The number of amides is 3. The summed E-state index contributed by atoms with van der Waals surface area (Å²) < 4.78 is 5.48. The van der Waals surface area contributed by atoms with E-state index in [9.17, 15) is 14.4 Å². The Kier molecular flexibility index (Phi) is 6.00. The second-order valence-electron chi connectivity index (χ2n) is 7.53. The largest absolute Gasteiger partial charge is 0.445 e. The highest BCUT2D eigenvalue weighted by Gasteiger charge is 2.34. The van der Waals surface area contributed by atoms with Crippen molar-refractivity contribution in [1.82, 2.24) is 15.6 Å². The number of carbonyl (C=O) groups excluding carboxylic acids is 3. The van der Waals surface area contributed by atoms with Gasteiger partial charge in [0.1, 0.15) is 11.2 Å². The van der Waals surface area contributed by atoms with Crippen LogP contribution in [0.5, 0.6) is 0 Å².